The number of ketones is 1. The Labute approximate surface area is 212 Å². The molecule has 1 atom stereocenters. The molecule has 8 nitrogen and oxygen atoms in total. The molecular formula is C28H35N3O5. The van der Waals surface area contributed by atoms with Crippen molar-refractivity contribution < 1.29 is 19.6 Å². The highest BCUT2D eigenvalue weighted by Crippen LogP contribution is 2.39. The summed E-state index contributed by atoms with van der Waals surface area (Å²) >= 11 is 0. The van der Waals surface area contributed by atoms with E-state index in [1.165, 1.54) is 17.0 Å². The Balaban J connectivity index is 1.92. The second-order valence-corrected chi connectivity index (χ2v) is 9.11. The van der Waals surface area contributed by atoms with Gasteiger partial charge in [0, 0.05) is 24.2 Å². The van der Waals surface area contributed by atoms with Crippen molar-refractivity contribution in [3.05, 3.63) is 81.4 Å². The van der Waals surface area contributed by atoms with Crippen LogP contribution in [0.2, 0.25) is 0 Å². The van der Waals surface area contributed by atoms with Crippen molar-refractivity contribution in [2.75, 3.05) is 26.2 Å². The van der Waals surface area contributed by atoms with Gasteiger partial charge >= 0.3 is 0 Å². The minimum Gasteiger partial charge on any atom is -0.507 e. The van der Waals surface area contributed by atoms with Gasteiger partial charge < -0.3 is 14.9 Å². The summed E-state index contributed by atoms with van der Waals surface area (Å²) in [7, 11) is 0. The van der Waals surface area contributed by atoms with Crippen molar-refractivity contribution in [1.29, 1.82) is 0 Å². The number of hydrogen-bond donors (Lipinski definition) is 1. The van der Waals surface area contributed by atoms with Gasteiger partial charge in [-0.15, -0.1) is 0 Å². The van der Waals surface area contributed by atoms with Crippen molar-refractivity contribution in [1.82, 2.24) is 9.80 Å². The van der Waals surface area contributed by atoms with Crippen LogP contribution in [0.3, 0.4) is 0 Å². The maximum absolute atomic E-state index is 13.1. The number of nitro groups is 1. The minimum absolute atomic E-state index is 0.00822. The fourth-order valence-electron chi connectivity index (χ4n) is 4.55. The third-order valence-electron chi connectivity index (χ3n) is 6.54. The van der Waals surface area contributed by atoms with Crippen LogP contribution in [0.15, 0.2) is 60.2 Å². The lowest BCUT2D eigenvalue weighted by Crippen LogP contribution is -2.34. The molecule has 36 heavy (non-hydrogen) atoms. The summed E-state index contributed by atoms with van der Waals surface area (Å²) in [5, 5.41) is 22.2. The molecule has 1 heterocycles. The van der Waals surface area contributed by atoms with Gasteiger partial charge in [0.15, 0.2) is 0 Å². The van der Waals surface area contributed by atoms with Crippen molar-refractivity contribution in [2.24, 2.45) is 0 Å². The Bertz CT molecular complexity index is 1070. The van der Waals surface area contributed by atoms with Gasteiger partial charge in [-0.05, 0) is 56.6 Å². The molecule has 1 N–H and O–H groups in total. The van der Waals surface area contributed by atoms with Crippen molar-refractivity contribution in [2.45, 2.75) is 52.0 Å². The summed E-state index contributed by atoms with van der Waals surface area (Å²) < 4.78 is 0. The molecule has 1 unspecified atom stereocenters. The normalized spacial score (nSPS) is 17.2. The van der Waals surface area contributed by atoms with Gasteiger partial charge in [0.05, 0.1) is 16.5 Å². The number of hydrogen-bond acceptors (Lipinski definition) is 6. The van der Waals surface area contributed by atoms with E-state index >= 15 is 0 Å². The summed E-state index contributed by atoms with van der Waals surface area (Å²) in [6, 6.07) is 13.6. The van der Waals surface area contributed by atoms with Gasteiger partial charge in [0.25, 0.3) is 17.4 Å². The molecule has 1 aliphatic heterocycles. The number of carbonyl (C=O) groups excluding carboxylic acids is 2. The largest absolute Gasteiger partial charge is 0.507 e. The smallest absolute Gasteiger partial charge is 0.295 e. The summed E-state index contributed by atoms with van der Waals surface area (Å²) in [6.45, 7) is 7.45. The quantitative estimate of drug-likeness (QED) is 0.133. The van der Waals surface area contributed by atoms with Crippen LogP contribution in [0.1, 0.15) is 63.1 Å². The van der Waals surface area contributed by atoms with E-state index in [-0.39, 0.29) is 17.0 Å². The number of benzene rings is 2. The lowest BCUT2D eigenvalue weighted by molar-refractivity contribution is -0.384. The number of amides is 1. The first kappa shape index (κ1) is 27.1. The molecule has 1 amide bonds. The number of nitrogens with zero attached hydrogens (tertiary/aromatic N) is 3. The molecule has 1 aliphatic rings. The number of Topliss-reactive ketones (excluding diaryl/α,β-unsaturated/α-hetero) is 1. The van der Waals surface area contributed by atoms with Gasteiger partial charge in [0.2, 0.25) is 0 Å². The van der Waals surface area contributed by atoms with Gasteiger partial charge in [0.1, 0.15) is 5.76 Å². The Morgan fingerprint density at radius 1 is 0.944 bits per heavy atom. The van der Waals surface area contributed by atoms with Gasteiger partial charge in [-0.3, -0.25) is 19.7 Å². The zero-order valence-corrected chi connectivity index (χ0v) is 21.1. The molecule has 2 aromatic carbocycles. The zero-order valence-electron chi connectivity index (χ0n) is 21.1. The van der Waals surface area contributed by atoms with E-state index in [1.807, 2.05) is 0 Å². The number of likely N-dealkylation sites (tertiary alicyclic amines) is 1. The van der Waals surface area contributed by atoms with Crippen LogP contribution in [0.5, 0.6) is 0 Å². The Kier molecular flexibility index (Phi) is 9.76. The number of unbranched alkanes of at least 4 members (excludes halogenated alkanes) is 2. The fraction of sp³-hybridized carbons (Fsp3) is 0.429. The lowest BCUT2D eigenvalue weighted by atomic mass is 9.95. The minimum atomic E-state index is -0.814. The van der Waals surface area contributed by atoms with Crippen LogP contribution >= 0.6 is 0 Å². The Morgan fingerprint density at radius 2 is 1.53 bits per heavy atom. The third-order valence-corrected chi connectivity index (χ3v) is 6.54. The first-order valence-electron chi connectivity index (χ1n) is 12.7. The number of rotatable bonds is 13. The molecule has 1 fully saturated rings. The second-order valence-electron chi connectivity index (χ2n) is 9.11. The maximum Gasteiger partial charge on any atom is 0.295 e. The SMILES string of the molecule is CCCCN(CCCC)CCCN1C(=O)C(=O)/C(=C(\O)c2ccccc2)C1c1ccc([N+](=O)[O-])cc1. The van der Waals surface area contributed by atoms with E-state index in [0.29, 0.717) is 24.1 Å². The number of aliphatic hydroxyl groups excluding tert-OH is 1. The predicted molar refractivity (Wildman–Crippen MR) is 139 cm³/mol. The first-order chi connectivity index (χ1) is 17.4. The lowest BCUT2D eigenvalue weighted by Gasteiger charge is -2.27. The third kappa shape index (κ3) is 6.37. The van der Waals surface area contributed by atoms with Crippen LogP contribution in [-0.2, 0) is 9.59 Å². The molecule has 0 bridgehead atoms. The monoisotopic (exact) mass is 493 g/mol. The molecule has 3 rings (SSSR count). The molecule has 0 spiro atoms. The summed E-state index contributed by atoms with van der Waals surface area (Å²) in [6.07, 6.45) is 5.10. The summed E-state index contributed by atoms with van der Waals surface area (Å²) in [4.78, 5) is 40.8. The number of nitro benzene ring substituents is 1. The summed E-state index contributed by atoms with van der Waals surface area (Å²) in [5.41, 5.74) is 0.911. The molecule has 8 heteroatoms. The van der Waals surface area contributed by atoms with E-state index in [4.69, 9.17) is 0 Å². The van der Waals surface area contributed by atoms with Gasteiger partial charge in [-0.2, -0.15) is 0 Å². The van der Waals surface area contributed by atoms with E-state index in [9.17, 15) is 24.8 Å². The number of non-ortho nitro benzene ring substituents is 1. The topological polar surface area (TPSA) is 104 Å². The highest BCUT2D eigenvalue weighted by atomic mass is 16.6. The predicted octanol–water partition coefficient (Wildman–Crippen LogP) is 5.31. The average Bonchev–Trinajstić information content (AvgIpc) is 3.15. The van der Waals surface area contributed by atoms with E-state index in [1.54, 1.807) is 42.5 Å². The molecule has 1 saturated heterocycles. The van der Waals surface area contributed by atoms with Crippen molar-refractivity contribution in [3.8, 4) is 0 Å². The van der Waals surface area contributed by atoms with E-state index < -0.39 is 22.7 Å². The van der Waals surface area contributed by atoms with Crippen LogP contribution in [-0.4, -0.2) is 57.7 Å². The molecule has 0 aromatic heterocycles. The first-order valence-corrected chi connectivity index (χ1v) is 12.7. The van der Waals surface area contributed by atoms with E-state index in [0.717, 1.165) is 45.3 Å². The number of aliphatic hydroxyl groups is 1. The van der Waals surface area contributed by atoms with Crippen LogP contribution in [0.25, 0.3) is 5.76 Å². The van der Waals surface area contributed by atoms with Crippen LogP contribution in [0, 0.1) is 10.1 Å². The standard InChI is InChI=1S/C28H35N3O5/c1-3-5-17-29(18-6-4-2)19-10-20-30-25(21-13-15-23(16-14-21)31(35)36)24(27(33)28(30)34)26(32)22-11-8-7-9-12-22/h7-9,11-16,25,32H,3-6,10,17-20H2,1-2H3/b26-24-. The van der Waals surface area contributed by atoms with Gasteiger partial charge in [-0.1, -0.05) is 57.0 Å². The molecule has 192 valence electrons. The molecule has 0 aliphatic carbocycles. The second kappa shape index (κ2) is 13.0. The van der Waals surface area contributed by atoms with E-state index in [2.05, 4.69) is 18.7 Å². The Hall–Kier alpha value is -3.52. The molecule has 0 radical (unpaired) electrons. The fourth-order valence-corrected chi connectivity index (χ4v) is 4.55. The molecular weight excluding hydrogens is 458 g/mol. The highest BCUT2D eigenvalue weighted by Gasteiger charge is 2.45. The summed E-state index contributed by atoms with van der Waals surface area (Å²) in [5.74, 6) is -1.65. The molecule has 0 saturated carbocycles. The van der Waals surface area contributed by atoms with Crippen molar-refractivity contribution in [3.63, 3.8) is 0 Å². The maximum atomic E-state index is 13.1. The van der Waals surface area contributed by atoms with Crippen LogP contribution < -0.4 is 0 Å². The highest BCUT2D eigenvalue weighted by molar-refractivity contribution is 6.46. The Morgan fingerprint density at radius 3 is 2.08 bits per heavy atom. The zero-order chi connectivity index (χ0) is 26.1. The van der Waals surface area contributed by atoms with Crippen LogP contribution in [0.4, 0.5) is 5.69 Å². The average molecular weight is 494 g/mol. The molecule has 2 aromatic rings. The van der Waals surface area contributed by atoms with Crippen molar-refractivity contribution >= 4 is 23.1 Å². The number of carbonyl (C=O) groups is 2. The van der Waals surface area contributed by atoms with Gasteiger partial charge in [-0.25, -0.2) is 0 Å².